The summed E-state index contributed by atoms with van der Waals surface area (Å²) in [6.45, 7) is 0.799. The Balaban J connectivity index is 1.44. The van der Waals surface area contributed by atoms with Gasteiger partial charge in [0.15, 0.2) is 0 Å². The molecule has 9 heteroatoms. The number of aromatic carboxylic acids is 1. The van der Waals surface area contributed by atoms with Crippen LogP contribution in [0.4, 0.5) is 5.69 Å². The van der Waals surface area contributed by atoms with E-state index in [9.17, 15) is 18.0 Å². The molecule has 2 aliphatic rings. The van der Waals surface area contributed by atoms with E-state index in [-0.39, 0.29) is 29.5 Å². The van der Waals surface area contributed by atoms with Gasteiger partial charge < -0.3 is 10.0 Å². The smallest absolute Gasteiger partial charge is 0.335 e. The Bertz CT molecular complexity index is 1400. The van der Waals surface area contributed by atoms with Crippen LogP contribution in [0.5, 0.6) is 0 Å². The molecule has 180 valence electrons. The maximum absolute atomic E-state index is 13.9. The van der Waals surface area contributed by atoms with Crippen LogP contribution in [0.3, 0.4) is 0 Å². The topological polar surface area (TPSA) is 95.0 Å². The van der Waals surface area contributed by atoms with E-state index < -0.39 is 21.4 Å². The second kappa shape index (κ2) is 8.89. The maximum Gasteiger partial charge on any atom is 0.335 e. The molecular formula is C26H23BrN2O5S. The van der Waals surface area contributed by atoms with Crippen molar-refractivity contribution in [1.29, 1.82) is 0 Å². The van der Waals surface area contributed by atoms with Gasteiger partial charge >= 0.3 is 5.97 Å². The highest BCUT2D eigenvalue weighted by Crippen LogP contribution is 2.49. The Hall–Kier alpha value is -3.01. The average Bonchev–Trinajstić information content (AvgIpc) is 3.07. The van der Waals surface area contributed by atoms with Crippen LogP contribution in [-0.4, -0.2) is 42.8 Å². The third kappa shape index (κ3) is 4.07. The largest absolute Gasteiger partial charge is 0.478 e. The summed E-state index contributed by atoms with van der Waals surface area (Å²) in [5.74, 6) is -1.05. The Morgan fingerprint density at radius 1 is 0.971 bits per heavy atom. The summed E-state index contributed by atoms with van der Waals surface area (Å²) < 4.78 is 28.6. The first kappa shape index (κ1) is 23.7. The number of hydrogen-bond acceptors (Lipinski definition) is 4. The number of carboxylic acids is 1. The van der Waals surface area contributed by atoms with Crippen molar-refractivity contribution in [3.05, 3.63) is 94.0 Å². The van der Waals surface area contributed by atoms with E-state index in [0.29, 0.717) is 19.4 Å². The second-order valence-corrected chi connectivity index (χ2v) is 11.7. The van der Waals surface area contributed by atoms with Crippen molar-refractivity contribution in [3.63, 3.8) is 0 Å². The Labute approximate surface area is 212 Å². The van der Waals surface area contributed by atoms with Gasteiger partial charge in [0.1, 0.15) is 0 Å². The first-order chi connectivity index (χ1) is 16.7. The molecule has 1 spiro atoms. The summed E-state index contributed by atoms with van der Waals surface area (Å²) in [6.07, 6.45) is 0.769. The lowest BCUT2D eigenvalue weighted by molar-refractivity contribution is -0.124. The molecule has 0 aromatic heterocycles. The van der Waals surface area contributed by atoms with Crippen LogP contribution in [-0.2, 0) is 26.8 Å². The van der Waals surface area contributed by atoms with Crippen LogP contribution in [0.25, 0.3) is 0 Å². The molecule has 1 saturated heterocycles. The van der Waals surface area contributed by atoms with Crippen LogP contribution in [0.1, 0.15) is 34.3 Å². The molecule has 0 atom stereocenters. The van der Waals surface area contributed by atoms with Crippen molar-refractivity contribution in [1.82, 2.24) is 4.31 Å². The highest BCUT2D eigenvalue weighted by Gasteiger charge is 2.53. The minimum atomic E-state index is -3.63. The number of benzene rings is 3. The zero-order valence-electron chi connectivity index (χ0n) is 18.7. The molecule has 1 fully saturated rings. The van der Waals surface area contributed by atoms with Gasteiger partial charge in [0, 0.05) is 23.2 Å². The lowest BCUT2D eigenvalue weighted by atomic mass is 9.74. The van der Waals surface area contributed by atoms with Crippen LogP contribution in [0.15, 0.2) is 82.2 Å². The Morgan fingerprint density at radius 3 is 2.26 bits per heavy atom. The van der Waals surface area contributed by atoms with Gasteiger partial charge in [-0.25, -0.2) is 13.2 Å². The fourth-order valence-electron chi connectivity index (χ4n) is 5.04. The van der Waals surface area contributed by atoms with E-state index in [1.54, 1.807) is 47.4 Å². The van der Waals surface area contributed by atoms with Gasteiger partial charge in [-0.2, -0.15) is 4.31 Å². The van der Waals surface area contributed by atoms with E-state index in [1.165, 1.54) is 16.4 Å². The molecule has 1 N–H and O–H groups in total. The van der Waals surface area contributed by atoms with Crippen LogP contribution in [0, 0.1) is 0 Å². The zero-order chi connectivity index (χ0) is 24.8. The molecule has 35 heavy (non-hydrogen) atoms. The number of anilines is 1. The third-order valence-corrected chi connectivity index (χ3v) is 9.32. The first-order valence-corrected chi connectivity index (χ1v) is 13.5. The minimum absolute atomic E-state index is 0.0512. The third-order valence-electron chi connectivity index (χ3n) is 6.92. The van der Waals surface area contributed by atoms with Crippen LogP contribution < -0.4 is 4.90 Å². The standard InChI is InChI=1S/C26H23BrN2O5S/c27-20-10-11-23-22(16-20)26(25(32)29(23)17-18-6-8-19(9-7-18)24(30)31)12-14-28(15-13-26)35(33,34)21-4-2-1-3-5-21/h1-11,16H,12-15,17H2,(H,30,31). The van der Waals surface area contributed by atoms with Gasteiger partial charge in [-0.05, 0) is 66.4 Å². The summed E-state index contributed by atoms with van der Waals surface area (Å²) in [5.41, 5.74) is 1.91. The summed E-state index contributed by atoms with van der Waals surface area (Å²) >= 11 is 3.53. The molecule has 7 nitrogen and oxygen atoms in total. The molecular weight excluding hydrogens is 532 g/mol. The number of amides is 1. The molecule has 1 amide bonds. The van der Waals surface area contributed by atoms with Gasteiger partial charge in [-0.1, -0.05) is 46.3 Å². The molecule has 0 saturated carbocycles. The Morgan fingerprint density at radius 2 is 1.63 bits per heavy atom. The molecule has 0 unspecified atom stereocenters. The maximum atomic E-state index is 13.9. The second-order valence-electron chi connectivity index (χ2n) is 8.85. The molecule has 0 aliphatic carbocycles. The van der Waals surface area contributed by atoms with Gasteiger partial charge in [-0.3, -0.25) is 4.79 Å². The van der Waals surface area contributed by atoms with E-state index in [1.807, 2.05) is 18.2 Å². The number of carbonyl (C=O) groups is 2. The fraction of sp³-hybridized carbons (Fsp3) is 0.231. The van der Waals surface area contributed by atoms with Crippen LogP contribution >= 0.6 is 15.9 Å². The number of rotatable bonds is 5. The average molecular weight is 555 g/mol. The van der Waals surface area contributed by atoms with Crippen molar-refractivity contribution >= 4 is 43.5 Å². The number of carboxylic acid groups (broad SMARTS) is 1. The lowest BCUT2D eigenvalue weighted by Gasteiger charge is -2.38. The summed E-state index contributed by atoms with van der Waals surface area (Å²) in [6, 6.07) is 20.6. The van der Waals surface area contributed by atoms with E-state index in [4.69, 9.17) is 5.11 Å². The molecule has 3 aromatic carbocycles. The summed E-state index contributed by atoms with van der Waals surface area (Å²) in [5, 5.41) is 9.16. The predicted molar refractivity (Wildman–Crippen MR) is 135 cm³/mol. The van der Waals surface area contributed by atoms with Gasteiger partial charge in [0.25, 0.3) is 0 Å². The first-order valence-electron chi connectivity index (χ1n) is 11.2. The summed E-state index contributed by atoms with van der Waals surface area (Å²) in [7, 11) is -3.63. The van der Waals surface area contributed by atoms with Crippen molar-refractivity contribution in [3.8, 4) is 0 Å². The highest BCUT2D eigenvalue weighted by molar-refractivity contribution is 9.10. The zero-order valence-corrected chi connectivity index (χ0v) is 21.1. The highest BCUT2D eigenvalue weighted by atomic mass is 79.9. The van der Waals surface area contributed by atoms with Gasteiger partial charge in [-0.15, -0.1) is 0 Å². The van der Waals surface area contributed by atoms with Gasteiger partial charge in [0.05, 0.1) is 22.4 Å². The molecule has 2 aliphatic heterocycles. The SMILES string of the molecule is O=C(O)c1ccc(CN2C(=O)C3(CCN(S(=O)(=O)c4ccccc4)CC3)c3cc(Br)ccc32)cc1. The monoisotopic (exact) mass is 554 g/mol. The molecule has 0 radical (unpaired) electrons. The normalized spacial score (nSPS) is 17.5. The number of fused-ring (bicyclic) bond motifs is 2. The van der Waals surface area contributed by atoms with Crippen molar-refractivity contribution in [2.45, 2.75) is 29.7 Å². The van der Waals surface area contributed by atoms with Gasteiger partial charge in [0.2, 0.25) is 15.9 Å². The summed E-state index contributed by atoms with van der Waals surface area (Å²) in [4.78, 5) is 27.1. The number of hydrogen-bond donors (Lipinski definition) is 1. The Kier molecular flexibility index (Phi) is 6.03. The predicted octanol–water partition coefficient (Wildman–Crippen LogP) is 4.42. The number of carbonyl (C=O) groups excluding carboxylic acids is 1. The van der Waals surface area contributed by atoms with E-state index >= 15 is 0 Å². The van der Waals surface area contributed by atoms with Crippen LogP contribution in [0.2, 0.25) is 0 Å². The van der Waals surface area contributed by atoms with E-state index in [2.05, 4.69) is 15.9 Å². The molecule has 2 heterocycles. The minimum Gasteiger partial charge on any atom is -0.478 e. The molecule has 0 bridgehead atoms. The number of sulfonamides is 1. The fourth-order valence-corrected chi connectivity index (χ4v) is 6.86. The van der Waals surface area contributed by atoms with E-state index in [0.717, 1.165) is 21.3 Å². The van der Waals surface area contributed by atoms with Crippen molar-refractivity contribution in [2.24, 2.45) is 0 Å². The number of nitrogens with zero attached hydrogens (tertiary/aromatic N) is 2. The molecule has 3 aromatic rings. The molecule has 5 rings (SSSR count). The van der Waals surface area contributed by atoms with Crippen molar-refractivity contribution < 1.29 is 23.1 Å². The number of halogens is 1. The lowest BCUT2D eigenvalue weighted by Crippen LogP contribution is -2.50. The van der Waals surface area contributed by atoms with Crippen molar-refractivity contribution in [2.75, 3.05) is 18.0 Å². The number of piperidine rings is 1. The quantitative estimate of drug-likeness (QED) is 0.503.